The molecule has 1 saturated heterocycles. The van der Waals surface area contributed by atoms with Crippen LogP contribution in [0.5, 0.6) is 0 Å². The van der Waals surface area contributed by atoms with Crippen LogP contribution in [0.15, 0.2) is 54.6 Å². The molecule has 0 bridgehead atoms. The molecule has 4 N–H and O–H groups in total. The number of benzene rings is 2. The normalized spacial score (nSPS) is 19.9. The summed E-state index contributed by atoms with van der Waals surface area (Å²) in [5, 5.41) is 22.1. The molecule has 0 spiro atoms. The molecule has 0 radical (unpaired) electrons. The number of halogens is 7. The Kier molecular flexibility index (Phi) is 7.88. The standard InChI is InChI=1S/C37H30F7N9O2S/c1-35(55)14-52(15-35)34-48-33-25(56-34)12-22(19-4-3-5-21-29(19)51(2)50-32(21)45)28(47-33)24(10-16-8-17(38)11-18(39)9-16)46-26(54)13-53-31-27(30(49-53)37(42,43)44)20-6-7-23(20)36(31,40)41/h3-9,11-12,20,23-24,55H,10,13-15H2,1-2H3,(H2,45,50)(H,46,54)/t20-,23+,24-/m0/s1. The summed E-state index contributed by atoms with van der Waals surface area (Å²) in [6, 6.07) is 8.56. The van der Waals surface area contributed by atoms with Gasteiger partial charge in [-0.15, -0.1) is 0 Å². The molecule has 9 rings (SSSR count). The SMILES string of the molecule is Cn1nc(N)c2cccc(-c3cc4sc(N5CC(C)(O)C5)nc4nc3[C@H](Cc3cc(F)cc(F)c3)NC(=O)Cn3nc(C(F)(F)F)c4c3C(F)(F)[C@@H]3C=C[C@H]43)c21. The van der Waals surface area contributed by atoms with Gasteiger partial charge in [0.1, 0.15) is 23.9 Å². The second-order valence-electron chi connectivity index (χ2n) is 14.7. The number of nitrogens with two attached hydrogens (primary N) is 1. The first-order chi connectivity index (χ1) is 26.4. The molecular weight excluding hydrogens is 768 g/mol. The first-order valence-electron chi connectivity index (χ1n) is 17.4. The van der Waals surface area contributed by atoms with Gasteiger partial charge in [0.2, 0.25) is 5.91 Å². The second-order valence-corrected chi connectivity index (χ2v) is 15.7. The molecule has 290 valence electrons. The number of aromatic nitrogens is 6. The minimum atomic E-state index is -5.08. The zero-order chi connectivity index (χ0) is 39.6. The number of allylic oxidation sites excluding steroid dienone is 2. The number of aliphatic hydroxyl groups is 1. The van der Waals surface area contributed by atoms with Gasteiger partial charge in [-0.25, -0.2) is 13.8 Å². The maximum atomic E-state index is 15.6. The quantitative estimate of drug-likeness (QED) is 0.119. The van der Waals surface area contributed by atoms with Crippen molar-refractivity contribution < 1.29 is 40.6 Å². The molecule has 56 heavy (non-hydrogen) atoms. The molecule has 1 aliphatic heterocycles. The lowest BCUT2D eigenvalue weighted by molar-refractivity contribution is -0.142. The fourth-order valence-corrected chi connectivity index (χ4v) is 9.06. The van der Waals surface area contributed by atoms with Crippen molar-refractivity contribution in [3.8, 4) is 11.1 Å². The molecule has 1 fully saturated rings. The van der Waals surface area contributed by atoms with Gasteiger partial charge in [0.25, 0.3) is 5.92 Å². The Bertz CT molecular complexity index is 2620. The highest BCUT2D eigenvalue weighted by Gasteiger charge is 2.61. The van der Waals surface area contributed by atoms with Gasteiger partial charge >= 0.3 is 6.18 Å². The Hall–Kier alpha value is -5.56. The topological polar surface area (TPSA) is 140 Å². The molecule has 2 aromatic carbocycles. The van der Waals surface area contributed by atoms with E-state index in [-0.39, 0.29) is 29.1 Å². The largest absolute Gasteiger partial charge is 0.435 e. The molecular formula is C37H30F7N9O2S. The average molecular weight is 798 g/mol. The predicted molar refractivity (Wildman–Crippen MR) is 192 cm³/mol. The minimum absolute atomic E-state index is 0.0823. The van der Waals surface area contributed by atoms with Crippen molar-refractivity contribution in [3.05, 3.63) is 94.5 Å². The number of carbonyl (C=O) groups is 1. The van der Waals surface area contributed by atoms with Crippen molar-refractivity contribution in [1.29, 1.82) is 0 Å². The van der Waals surface area contributed by atoms with E-state index in [4.69, 9.17) is 10.7 Å². The molecule has 11 nitrogen and oxygen atoms in total. The van der Waals surface area contributed by atoms with Gasteiger partial charge in [0.05, 0.1) is 46.6 Å². The number of rotatable bonds is 8. The van der Waals surface area contributed by atoms with E-state index >= 15 is 8.78 Å². The Balaban J connectivity index is 1.18. The van der Waals surface area contributed by atoms with Gasteiger partial charge in [0.15, 0.2) is 22.3 Å². The third-order valence-corrected chi connectivity index (χ3v) is 11.5. The average Bonchev–Trinajstić information content (AvgIpc) is 3.77. The number of nitrogen functional groups attached to an aromatic ring is 1. The van der Waals surface area contributed by atoms with Crippen LogP contribution in [0.25, 0.3) is 32.4 Å². The molecule has 19 heteroatoms. The highest BCUT2D eigenvalue weighted by atomic mass is 32.1. The number of thiazole rings is 1. The minimum Gasteiger partial charge on any atom is -0.386 e. The zero-order valence-corrected chi connectivity index (χ0v) is 30.2. The number of para-hydroxylation sites is 1. The lowest BCUT2D eigenvalue weighted by Gasteiger charge is -2.43. The van der Waals surface area contributed by atoms with E-state index in [0.717, 1.165) is 18.2 Å². The summed E-state index contributed by atoms with van der Waals surface area (Å²) in [5.74, 6) is -9.06. The monoisotopic (exact) mass is 797 g/mol. The van der Waals surface area contributed by atoms with Crippen molar-refractivity contribution in [2.45, 2.75) is 49.5 Å². The van der Waals surface area contributed by atoms with Gasteiger partial charge < -0.3 is 21.1 Å². The Morgan fingerprint density at radius 3 is 2.46 bits per heavy atom. The van der Waals surface area contributed by atoms with Gasteiger partial charge in [0, 0.05) is 41.1 Å². The molecule has 4 aromatic heterocycles. The van der Waals surface area contributed by atoms with Crippen molar-refractivity contribution in [2.75, 3.05) is 23.7 Å². The summed E-state index contributed by atoms with van der Waals surface area (Å²) in [4.78, 5) is 25.4. The molecule has 1 amide bonds. The summed E-state index contributed by atoms with van der Waals surface area (Å²) in [5.41, 5.74) is 4.16. The highest BCUT2D eigenvalue weighted by Crippen LogP contribution is 2.60. The fourth-order valence-electron chi connectivity index (χ4n) is 8.11. The second kappa shape index (κ2) is 12.2. The molecule has 5 heterocycles. The third-order valence-electron chi connectivity index (χ3n) is 10.5. The van der Waals surface area contributed by atoms with Crippen LogP contribution in [0.2, 0.25) is 0 Å². The molecule has 0 unspecified atom stereocenters. The number of alkyl halides is 5. The van der Waals surface area contributed by atoms with E-state index in [9.17, 15) is 31.9 Å². The van der Waals surface area contributed by atoms with Gasteiger partial charge in [-0.3, -0.25) is 14.2 Å². The summed E-state index contributed by atoms with van der Waals surface area (Å²) in [7, 11) is 1.68. The Morgan fingerprint density at radius 2 is 1.80 bits per heavy atom. The van der Waals surface area contributed by atoms with Gasteiger partial charge in [-0.05, 0) is 43.2 Å². The van der Waals surface area contributed by atoms with E-state index in [2.05, 4.69) is 20.5 Å². The Labute approximate surface area is 316 Å². The lowest BCUT2D eigenvalue weighted by atomic mass is 9.81. The summed E-state index contributed by atoms with van der Waals surface area (Å²) < 4.78 is 105. The van der Waals surface area contributed by atoms with E-state index in [1.165, 1.54) is 17.4 Å². The van der Waals surface area contributed by atoms with Crippen LogP contribution in [0.4, 0.5) is 41.7 Å². The fraction of sp³-hybridized carbons (Fsp3) is 0.324. The Morgan fingerprint density at radius 1 is 1.07 bits per heavy atom. The maximum absolute atomic E-state index is 15.6. The number of amides is 1. The van der Waals surface area contributed by atoms with Gasteiger partial charge in [-0.2, -0.15) is 37.1 Å². The number of aryl methyl sites for hydroxylation is 1. The highest BCUT2D eigenvalue weighted by molar-refractivity contribution is 7.22. The third kappa shape index (κ3) is 5.77. The van der Waals surface area contributed by atoms with Crippen LogP contribution in [0, 0.1) is 17.6 Å². The van der Waals surface area contributed by atoms with Crippen molar-refractivity contribution >= 4 is 49.4 Å². The summed E-state index contributed by atoms with van der Waals surface area (Å²) in [6.07, 6.45) is -2.98. The first-order valence-corrected chi connectivity index (χ1v) is 18.2. The first kappa shape index (κ1) is 36.1. The zero-order valence-electron chi connectivity index (χ0n) is 29.4. The number of nitrogens with zero attached hydrogens (tertiary/aromatic N) is 7. The van der Waals surface area contributed by atoms with Crippen molar-refractivity contribution in [2.24, 2.45) is 13.0 Å². The predicted octanol–water partition coefficient (Wildman–Crippen LogP) is 6.37. The van der Waals surface area contributed by atoms with Gasteiger partial charge in [-0.1, -0.05) is 35.6 Å². The molecule has 6 aromatic rings. The number of carbonyl (C=O) groups excluding carboxylic acids is 1. The number of β-amino-alcohol motifs (C(OH)–C–C–N with tert-alkyl or cyclic N) is 1. The van der Waals surface area contributed by atoms with Crippen LogP contribution < -0.4 is 16.0 Å². The van der Waals surface area contributed by atoms with E-state index in [1.807, 2.05) is 4.90 Å². The number of anilines is 2. The van der Waals surface area contributed by atoms with Crippen LogP contribution in [0.3, 0.4) is 0 Å². The van der Waals surface area contributed by atoms with Crippen LogP contribution in [-0.2, 0) is 36.9 Å². The number of hydrogen-bond acceptors (Lipinski definition) is 9. The molecule has 0 saturated carbocycles. The molecule has 3 aliphatic rings. The lowest BCUT2D eigenvalue weighted by Crippen LogP contribution is -2.60. The summed E-state index contributed by atoms with van der Waals surface area (Å²) >= 11 is 1.30. The van der Waals surface area contributed by atoms with Crippen molar-refractivity contribution in [3.63, 3.8) is 0 Å². The number of pyridine rings is 1. The van der Waals surface area contributed by atoms with E-state index < -0.39 is 76.6 Å². The number of fused-ring (bicyclic) bond motifs is 5. The van der Waals surface area contributed by atoms with E-state index in [1.54, 1.807) is 42.9 Å². The van der Waals surface area contributed by atoms with Crippen LogP contribution in [0.1, 0.15) is 47.1 Å². The smallest absolute Gasteiger partial charge is 0.386 e. The molecule has 2 aliphatic carbocycles. The number of nitrogens with one attached hydrogen (secondary N) is 1. The summed E-state index contributed by atoms with van der Waals surface area (Å²) in [6.45, 7) is 1.28. The van der Waals surface area contributed by atoms with Crippen LogP contribution in [-0.4, -0.2) is 59.2 Å². The van der Waals surface area contributed by atoms with Crippen molar-refractivity contribution in [1.82, 2.24) is 34.8 Å². The number of hydrogen-bond donors (Lipinski definition) is 3. The van der Waals surface area contributed by atoms with Crippen LogP contribution >= 0.6 is 11.3 Å². The molecule has 3 atom stereocenters. The van der Waals surface area contributed by atoms with E-state index in [0.29, 0.717) is 55.7 Å². The maximum Gasteiger partial charge on any atom is 0.435 e.